The van der Waals surface area contributed by atoms with Crippen molar-refractivity contribution in [3.8, 4) is 5.75 Å². The average molecular weight is 260 g/mol. The molecule has 0 fully saturated rings. The van der Waals surface area contributed by atoms with Crippen LogP contribution in [-0.2, 0) is 4.79 Å². The molecular weight excluding hydrogens is 244 g/mol. The molecule has 2 N–H and O–H groups in total. The monoisotopic (exact) mass is 260 g/mol. The number of benzene rings is 1. The quantitative estimate of drug-likeness (QED) is 0.825. The van der Waals surface area contributed by atoms with Crippen LogP contribution in [0, 0.1) is 13.8 Å². The van der Waals surface area contributed by atoms with E-state index in [2.05, 4.69) is 15.4 Å². The minimum Gasteiger partial charge on any atom is -0.508 e. The zero-order chi connectivity index (χ0) is 14.0. The maximum absolute atomic E-state index is 12.1. The van der Waals surface area contributed by atoms with Gasteiger partial charge < -0.3 is 10.4 Å². The number of aromatic hydroxyl groups is 1. The van der Waals surface area contributed by atoms with Crippen molar-refractivity contribution in [1.82, 2.24) is 14.8 Å². The lowest BCUT2D eigenvalue weighted by Crippen LogP contribution is -2.24. The third-order valence-electron chi connectivity index (χ3n) is 3.01. The van der Waals surface area contributed by atoms with Gasteiger partial charge in [-0.15, -0.1) is 0 Å². The van der Waals surface area contributed by atoms with Gasteiger partial charge in [-0.1, -0.05) is 0 Å². The molecule has 0 aliphatic carbocycles. The molecule has 0 saturated heterocycles. The summed E-state index contributed by atoms with van der Waals surface area (Å²) in [5, 5.41) is 16.3. The molecule has 6 nitrogen and oxygen atoms in total. The molecule has 1 atom stereocenters. The number of anilines is 1. The van der Waals surface area contributed by atoms with Crippen molar-refractivity contribution in [2.45, 2.75) is 26.8 Å². The van der Waals surface area contributed by atoms with Gasteiger partial charge in [-0.3, -0.25) is 4.79 Å². The van der Waals surface area contributed by atoms with Crippen LogP contribution in [0.25, 0.3) is 0 Å². The summed E-state index contributed by atoms with van der Waals surface area (Å²) < 4.78 is 1.48. The van der Waals surface area contributed by atoms with E-state index >= 15 is 0 Å². The first-order valence-electron chi connectivity index (χ1n) is 5.94. The Morgan fingerprint density at radius 1 is 1.37 bits per heavy atom. The number of hydrogen-bond donors (Lipinski definition) is 2. The molecule has 0 radical (unpaired) electrons. The first-order chi connectivity index (χ1) is 8.99. The van der Waals surface area contributed by atoms with Gasteiger partial charge in [0.25, 0.3) is 0 Å². The lowest BCUT2D eigenvalue weighted by molar-refractivity contribution is -0.119. The summed E-state index contributed by atoms with van der Waals surface area (Å²) in [6.45, 7) is 5.35. The number of aryl methyl sites for hydroxylation is 2. The molecule has 0 aliphatic rings. The van der Waals surface area contributed by atoms with Crippen molar-refractivity contribution in [2.75, 3.05) is 5.32 Å². The van der Waals surface area contributed by atoms with Crippen LogP contribution in [0.1, 0.15) is 24.1 Å². The molecule has 19 heavy (non-hydrogen) atoms. The highest BCUT2D eigenvalue weighted by atomic mass is 16.3. The molecule has 2 rings (SSSR count). The number of nitrogens with zero attached hydrogens (tertiary/aromatic N) is 3. The standard InChI is InChI=1S/C13H16N4O2/c1-8-5-12(18)9(2)4-11(8)16-13(19)10(3)17-7-14-6-15-17/h4-7,10,18H,1-3H3,(H,16,19). The van der Waals surface area contributed by atoms with Crippen molar-refractivity contribution in [2.24, 2.45) is 0 Å². The zero-order valence-electron chi connectivity index (χ0n) is 11.1. The largest absolute Gasteiger partial charge is 0.508 e. The summed E-state index contributed by atoms with van der Waals surface area (Å²) in [7, 11) is 0. The Morgan fingerprint density at radius 3 is 2.74 bits per heavy atom. The van der Waals surface area contributed by atoms with Crippen molar-refractivity contribution in [3.05, 3.63) is 35.9 Å². The van der Waals surface area contributed by atoms with Gasteiger partial charge in [0.1, 0.15) is 24.4 Å². The van der Waals surface area contributed by atoms with Gasteiger partial charge in [-0.2, -0.15) is 5.10 Å². The van der Waals surface area contributed by atoms with Gasteiger partial charge in [0.2, 0.25) is 5.91 Å². The normalized spacial score (nSPS) is 12.2. The predicted octanol–water partition coefficient (Wildman–Crippen LogP) is 1.80. The SMILES string of the molecule is Cc1cc(NC(=O)C(C)n2cncn2)c(C)cc1O. The van der Waals surface area contributed by atoms with E-state index in [1.807, 2.05) is 6.92 Å². The highest BCUT2D eigenvalue weighted by Crippen LogP contribution is 2.25. The van der Waals surface area contributed by atoms with Crippen LogP contribution in [0.5, 0.6) is 5.75 Å². The van der Waals surface area contributed by atoms with Crippen molar-refractivity contribution >= 4 is 11.6 Å². The number of rotatable bonds is 3. The fourth-order valence-electron chi connectivity index (χ4n) is 1.71. The topological polar surface area (TPSA) is 80.0 Å². The van der Waals surface area contributed by atoms with E-state index in [4.69, 9.17) is 0 Å². The molecule has 0 bridgehead atoms. The Balaban J connectivity index is 2.17. The van der Waals surface area contributed by atoms with Crippen molar-refractivity contribution in [3.63, 3.8) is 0 Å². The van der Waals surface area contributed by atoms with E-state index in [0.29, 0.717) is 11.3 Å². The summed E-state index contributed by atoms with van der Waals surface area (Å²) in [4.78, 5) is 15.9. The number of phenolic OH excluding ortho intramolecular Hbond substituents is 1. The van der Waals surface area contributed by atoms with Crippen LogP contribution in [0.15, 0.2) is 24.8 Å². The average Bonchev–Trinajstić information content (AvgIpc) is 2.88. The van der Waals surface area contributed by atoms with E-state index in [1.165, 1.54) is 17.3 Å². The maximum Gasteiger partial charge on any atom is 0.249 e. The predicted molar refractivity (Wildman–Crippen MR) is 70.9 cm³/mol. The minimum absolute atomic E-state index is 0.182. The van der Waals surface area contributed by atoms with Gasteiger partial charge in [0.05, 0.1) is 0 Å². The second-order valence-electron chi connectivity index (χ2n) is 4.49. The van der Waals surface area contributed by atoms with Crippen LogP contribution in [0.3, 0.4) is 0 Å². The second kappa shape index (κ2) is 5.09. The Morgan fingerprint density at radius 2 is 2.11 bits per heavy atom. The van der Waals surface area contributed by atoms with Crippen molar-refractivity contribution in [1.29, 1.82) is 0 Å². The molecule has 0 saturated carbocycles. The number of carbonyl (C=O) groups excluding carboxylic acids is 1. The second-order valence-corrected chi connectivity index (χ2v) is 4.49. The molecule has 100 valence electrons. The van der Waals surface area contributed by atoms with Gasteiger partial charge >= 0.3 is 0 Å². The van der Waals surface area contributed by atoms with Crippen LogP contribution < -0.4 is 5.32 Å². The maximum atomic E-state index is 12.1. The molecule has 1 unspecified atom stereocenters. The van der Waals surface area contributed by atoms with E-state index in [9.17, 15) is 9.90 Å². The molecule has 0 spiro atoms. The van der Waals surface area contributed by atoms with Crippen LogP contribution in [0.2, 0.25) is 0 Å². The molecule has 1 amide bonds. The van der Waals surface area contributed by atoms with Crippen LogP contribution in [0.4, 0.5) is 5.69 Å². The Bertz CT molecular complexity index is 593. The summed E-state index contributed by atoms with van der Waals surface area (Å²) >= 11 is 0. The lowest BCUT2D eigenvalue weighted by Gasteiger charge is -2.14. The molecule has 2 aromatic rings. The number of aromatic nitrogens is 3. The van der Waals surface area contributed by atoms with E-state index in [0.717, 1.165) is 5.56 Å². The van der Waals surface area contributed by atoms with E-state index in [-0.39, 0.29) is 11.7 Å². The first kappa shape index (κ1) is 13.1. The number of phenols is 1. The van der Waals surface area contributed by atoms with Crippen LogP contribution in [-0.4, -0.2) is 25.8 Å². The Kier molecular flexibility index (Phi) is 3.50. The van der Waals surface area contributed by atoms with E-state index < -0.39 is 6.04 Å². The van der Waals surface area contributed by atoms with Crippen molar-refractivity contribution < 1.29 is 9.90 Å². The van der Waals surface area contributed by atoms with Gasteiger partial charge in [0, 0.05) is 5.69 Å². The number of carbonyl (C=O) groups is 1. The summed E-state index contributed by atoms with van der Waals surface area (Å²) in [6, 6.07) is 2.93. The molecule has 6 heteroatoms. The summed E-state index contributed by atoms with van der Waals surface area (Å²) in [5.41, 5.74) is 2.21. The van der Waals surface area contributed by atoms with Gasteiger partial charge in [0.15, 0.2) is 0 Å². The number of amides is 1. The van der Waals surface area contributed by atoms with Gasteiger partial charge in [-0.05, 0) is 44.0 Å². The third kappa shape index (κ3) is 2.73. The van der Waals surface area contributed by atoms with Crippen LogP contribution >= 0.6 is 0 Å². The Labute approximate surface area is 111 Å². The fraction of sp³-hybridized carbons (Fsp3) is 0.308. The molecule has 1 aromatic heterocycles. The highest BCUT2D eigenvalue weighted by Gasteiger charge is 2.16. The van der Waals surface area contributed by atoms with E-state index in [1.54, 1.807) is 26.0 Å². The fourth-order valence-corrected chi connectivity index (χ4v) is 1.71. The summed E-state index contributed by atoms with van der Waals surface area (Å²) in [6.07, 6.45) is 2.89. The molecule has 0 aliphatic heterocycles. The van der Waals surface area contributed by atoms with Gasteiger partial charge in [-0.25, -0.2) is 9.67 Å². The molecular formula is C13H16N4O2. The number of hydrogen-bond acceptors (Lipinski definition) is 4. The zero-order valence-corrected chi connectivity index (χ0v) is 11.1. The number of nitrogens with one attached hydrogen (secondary N) is 1. The Hall–Kier alpha value is -2.37. The third-order valence-corrected chi connectivity index (χ3v) is 3.01. The lowest BCUT2D eigenvalue weighted by atomic mass is 10.1. The smallest absolute Gasteiger partial charge is 0.249 e. The highest BCUT2D eigenvalue weighted by molar-refractivity contribution is 5.94. The first-order valence-corrected chi connectivity index (χ1v) is 5.94. The molecule has 1 heterocycles. The molecule has 1 aromatic carbocycles. The minimum atomic E-state index is -0.448. The summed E-state index contributed by atoms with van der Waals surface area (Å²) in [5.74, 6) is 0.0403.